The van der Waals surface area contributed by atoms with E-state index >= 15 is 0 Å². The SMILES string of the molecule is CCCCCCC(C)Nc1cc(Cl)c(C)cc1Br. The summed E-state index contributed by atoms with van der Waals surface area (Å²) in [6, 6.07) is 4.55. The quantitative estimate of drug-likeness (QED) is 0.588. The van der Waals surface area contributed by atoms with Gasteiger partial charge in [-0.1, -0.05) is 44.2 Å². The van der Waals surface area contributed by atoms with Gasteiger partial charge in [-0.05, 0) is 53.9 Å². The second-order valence-electron chi connectivity index (χ2n) is 4.98. The third-order valence-corrected chi connectivity index (χ3v) is 4.20. The summed E-state index contributed by atoms with van der Waals surface area (Å²) < 4.78 is 1.09. The molecule has 0 aliphatic heterocycles. The van der Waals surface area contributed by atoms with Crippen LogP contribution in [-0.2, 0) is 0 Å². The lowest BCUT2D eigenvalue weighted by Gasteiger charge is -2.17. The van der Waals surface area contributed by atoms with Gasteiger partial charge in [-0.3, -0.25) is 0 Å². The summed E-state index contributed by atoms with van der Waals surface area (Å²) in [5.74, 6) is 0. The van der Waals surface area contributed by atoms with Crippen molar-refractivity contribution in [1.29, 1.82) is 0 Å². The number of aryl methyl sites for hydroxylation is 1. The van der Waals surface area contributed by atoms with E-state index in [4.69, 9.17) is 11.6 Å². The molecular formula is C15H23BrClN. The Hall–Kier alpha value is -0.210. The van der Waals surface area contributed by atoms with Crippen molar-refractivity contribution in [3.8, 4) is 0 Å². The molecule has 0 aliphatic carbocycles. The Morgan fingerprint density at radius 3 is 2.67 bits per heavy atom. The van der Waals surface area contributed by atoms with Gasteiger partial charge in [0.25, 0.3) is 0 Å². The van der Waals surface area contributed by atoms with E-state index in [9.17, 15) is 0 Å². The van der Waals surface area contributed by atoms with Crippen LogP contribution >= 0.6 is 27.5 Å². The van der Waals surface area contributed by atoms with E-state index in [1.807, 2.05) is 13.0 Å². The third-order valence-electron chi connectivity index (χ3n) is 3.14. The maximum atomic E-state index is 6.15. The topological polar surface area (TPSA) is 12.0 Å². The van der Waals surface area contributed by atoms with Gasteiger partial charge >= 0.3 is 0 Å². The molecule has 1 unspecified atom stereocenters. The van der Waals surface area contributed by atoms with Gasteiger partial charge in [0.1, 0.15) is 0 Å². The average molecular weight is 333 g/mol. The monoisotopic (exact) mass is 331 g/mol. The molecule has 0 saturated heterocycles. The molecule has 1 atom stereocenters. The molecule has 0 aromatic heterocycles. The molecule has 3 heteroatoms. The fraction of sp³-hybridized carbons (Fsp3) is 0.600. The third kappa shape index (κ3) is 5.19. The van der Waals surface area contributed by atoms with Crippen LogP contribution in [0.5, 0.6) is 0 Å². The van der Waals surface area contributed by atoms with Gasteiger partial charge in [0, 0.05) is 15.5 Å². The maximum absolute atomic E-state index is 6.15. The minimum Gasteiger partial charge on any atom is -0.382 e. The smallest absolute Gasteiger partial charge is 0.0501 e. The average Bonchev–Trinajstić information content (AvgIpc) is 2.32. The Balaban J connectivity index is 2.48. The van der Waals surface area contributed by atoms with Crippen molar-refractivity contribution in [3.05, 3.63) is 27.2 Å². The normalized spacial score (nSPS) is 12.5. The largest absolute Gasteiger partial charge is 0.382 e. The summed E-state index contributed by atoms with van der Waals surface area (Å²) in [5, 5.41) is 4.34. The first kappa shape index (κ1) is 15.8. The van der Waals surface area contributed by atoms with Crippen LogP contribution < -0.4 is 5.32 Å². The van der Waals surface area contributed by atoms with Gasteiger partial charge < -0.3 is 5.32 Å². The van der Waals surface area contributed by atoms with Gasteiger partial charge in [0.05, 0.1) is 5.69 Å². The van der Waals surface area contributed by atoms with E-state index in [-0.39, 0.29) is 0 Å². The summed E-state index contributed by atoms with van der Waals surface area (Å²) >= 11 is 9.74. The number of nitrogens with one attached hydrogen (secondary N) is 1. The molecule has 1 rings (SSSR count). The maximum Gasteiger partial charge on any atom is 0.0501 e. The van der Waals surface area contributed by atoms with Crippen molar-refractivity contribution >= 4 is 33.2 Å². The first-order chi connectivity index (χ1) is 8.54. The van der Waals surface area contributed by atoms with Crippen molar-refractivity contribution in [1.82, 2.24) is 0 Å². The molecule has 0 amide bonds. The highest BCUT2D eigenvalue weighted by Crippen LogP contribution is 2.30. The van der Waals surface area contributed by atoms with Gasteiger partial charge in [-0.2, -0.15) is 0 Å². The molecule has 0 fully saturated rings. The predicted molar refractivity (Wildman–Crippen MR) is 85.7 cm³/mol. The second-order valence-corrected chi connectivity index (χ2v) is 6.24. The molecule has 0 aliphatic rings. The zero-order chi connectivity index (χ0) is 13.5. The Bertz CT molecular complexity index is 379. The van der Waals surface area contributed by atoms with Gasteiger partial charge in [-0.25, -0.2) is 0 Å². The molecule has 1 aromatic carbocycles. The summed E-state index contributed by atoms with van der Waals surface area (Å²) in [5.41, 5.74) is 2.19. The van der Waals surface area contributed by atoms with E-state index in [1.165, 1.54) is 32.1 Å². The van der Waals surface area contributed by atoms with Crippen LogP contribution in [0.4, 0.5) is 5.69 Å². The van der Waals surface area contributed by atoms with E-state index in [1.54, 1.807) is 0 Å². The molecule has 0 saturated carbocycles. The van der Waals surface area contributed by atoms with Crippen molar-refractivity contribution < 1.29 is 0 Å². The zero-order valence-electron chi connectivity index (χ0n) is 11.5. The van der Waals surface area contributed by atoms with Crippen LogP contribution in [-0.4, -0.2) is 6.04 Å². The summed E-state index contributed by atoms with van der Waals surface area (Å²) in [6.07, 6.45) is 6.46. The lowest BCUT2D eigenvalue weighted by Crippen LogP contribution is -2.15. The van der Waals surface area contributed by atoms with Crippen LogP contribution in [0.3, 0.4) is 0 Å². The van der Waals surface area contributed by atoms with Gasteiger partial charge in [0.15, 0.2) is 0 Å². The number of benzene rings is 1. The van der Waals surface area contributed by atoms with E-state index < -0.39 is 0 Å². The number of halogens is 2. The Morgan fingerprint density at radius 2 is 2.00 bits per heavy atom. The highest BCUT2D eigenvalue weighted by molar-refractivity contribution is 9.10. The number of hydrogen-bond donors (Lipinski definition) is 1. The first-order valence-electron chi connectivity index (χ1n) is 6.76. The van der Waals surface area contributed by atoms with Crippen molar-refractivity contribution in [2.45, 2.75) is 58.9 Å². The van der Waals surface area contributed by atoms with Crippen LogP contribution in [0.1, 0.15) is 51.5 Å². The van der Waals surface area contributed by atoms with E-state index in [0.29, 0.717) is 6.04 Å². The summed E-state index contributed by atoms with van der Waals surface area (Å²) in [6.45, 7) is 6.49. The predicted octanol–water partition coefficient (Wildman–Crippen LogP) is 6.18. The molecule has 1 aromatic rings. The van der Waals surface area contributed by atoms with E-state index in [0.717, 1.165) is 20.7 Å². The molecule has 0 heterocycles. The highest BCUT2D eigenvalue weighted by atomic mass is 79.9. The Morgan fingerprint density at radius 1 is 1.28 bits per heavy atom. The number of rotatable bonds is 7. The van der Waals surface area contributed by atoms with Crippen LogP contribution in [0.25, 0.3) is 0 Å². The molecule has 102 valence electrons. The highest BCUT2D eigenvalue weighted by Gasteiger charge is 2.07. The first-order valence-corrected chi connectivity index (χ1v) is 7.94. The molecule has 0 spiro atoms. The summed E-state index contributed by atoms with van der Waals surface area (Å²) in [4.78, 5) is 0. The minimum atomic E-state index is 0.483. The fourth-order valence-electron chi connectivity index (χ4n) is 1.97. The van der Waals surface area contributed by atoms with Crippen LogP contribution in [0.15, 0.2) is 16.6 Å². The zero-order valence-corrected chi connectivity index (χ0v) is 13.9. The van der Waals surface area contributed by atoms with Crippen molar-refractivity contribution in [3.63, 3.8) is 0 Å². The Kier molecular flexibility index (Phi) is 7.10. The van der Waals surface area contributed by atoms with Crippen molar-refractivity contribution in [2.24, 2.45) is 0 Å². The Labute approximate surface area is 124 Å². The molecular weight excluding hydrogens is 310 g/mol. The van der Waals surface area contributed by atoms with Crippen LogP contribution in [0, 0.1) is 6.92 Å². The fourth-order valence-corrected chi connectivity index (χ4v) is 2.71. The molecule has 0 radical (unpaired) electrons. The minimum absolute atomic E-state index is 0.483. The lowest BCUT2D eigenvalue weighted by molar-refractivity contribution is 0.594. The van der Waals surface area contributed by atoms with Gasteiger partial charge in [0.2, 0.25) is 0 Å². The standard InChI is InChI=1S/C15H23BrClN/c1-4-5-6-7-8-12(3)18-15-10-14(17)11(2)9-13(15)16/h9-10,12,18H,4-8H2,1-3H3. The van der Waals surface area contributed by atoms with Gasteiger partial charge in [-0.15, -0.1) is 0 Å². The molecule has 1 nitrogen and oxygen atoms in total. The lowest BCUT2D eigenvalue weighted by atomic mass is 10.1. The second kappa shape index (κ2) is 8.06. The van der Waals surface area contributed by atoms with E-state index in [2.05, 4.69) is 41.2 Å². The molecule has 0 bridgehead atoms. The van der Waals surface area contributed by atoms with Crippen LogP contribution in [0.2, 0.25) is 5.02 Å². The molecule has 1 N–H and O–H groups in total. The number of anilines is 1. The van der Waals surface area contributed by atoms with Crippen molar-refractivity contribution in [2.75, 3.05) is 5.32 Å². The number of unbranched alkanes of at least 4 members (excludes halogenated alkanes) is 3. The molecule has 18 heavy (non-hydrogen) atoms. The summed E-state index contributed by atoms with van der Waals surface area (Å²) in [7, 11) is 0. The number of hydrogen-bond acceptors (Lipinski definition) is 1.